The van der Waals surface area contributed by atoms with E-state index in [1.54, 1.807) is 23.5 Å². The van der Waals surface area contributed by atoms with Gasteiger partial charge in [-0.15, -0.1) is 23.5 Å². The van der Waals surface area contributed by atoms with E-state index in [-0.39, 0.29) is 22.8 Å². The number of aliphatic carboxylic acids is 1. The van der Waals surface area contributed by atoms with Crippen LogP contribution in [0.2, 0.25) is 19.8 Å². The standard InChI is InChI=1S/C35H35ClN3O4S2.3CH3.Sn/c36-29-13-11-27-12-15-30(39-31(27)24-29)14-10-26-8-4-9-28(22-26)35(45-21-17-34(42)43)44-20-16-32(40)37-18-5-19-38-33(41)23-25-6-2-1-3-7-25;;;;/h2-4,6-15,22,24,35H,5,16-21,23H2,(H,37,40)(H,38,41)(H,42,43);3*1H3;/b14-10+;;;;. The van der Waals surface area contributed by atoms with Gasteiger partial charge < -0.3 is 5.11 Å². The minimum atomic E-state index is -2.10. The SMILES string of the molecule is [CH3][Sn]([CH3])([CH3])[c]1ccc(CC(=O)NCCCNC(=O)CCSC(SCCC(=O)O)c2cccc(/C=C/c3ccc4ccc(Cl)cc4n3)c2)cc1. The second-order valence-electron chi connectivity index (χ2n) is 12.7. The monoisotopic (exact) mass is 825 g/mol. The molecular weight excluding hydrogens is 781 g/mol. The fraction of sp³-hybridized carbons (Fsp3) is 0.316. The molecule has 3 N–H and O–H groups in total. The molecule has 11 heteroatoms. The third-order valence-corrected chi connectivity index (χ3v) is 16.6. The van der Waals surface area contributed by atoms with Gasteiger partial charge in [-0.3, -0.25) is 9.59 Å². The van der Waals surface area contributed by atoms with Gasteiger partial charge in [-0.25, -0.2) is 4.98 Å². The number of aromatic nitrogens is 1. The molecule has 49 heavy (non-hydrogen) atoms. The Hall–Kier alpha value is -2.99. The van der Waals surface area contributed by atoms with Gasteiger partial charge in [0.1, 0.15) is 0 Å². The second kappa shape index (κ2) is 19.4. The molecule has 0 fully saturated rings. The van der Waals surface area contributed by atoms with E-state index >= 15 is 0 Å². The molecule has 4 rings (SSSR count). The average molecular weight is 825 g/mol. The van der Waals surface area contributed by atoms with Crippen LogP contribution in [0.1, 0.15) is 46.2 Å². The topological polar surface area (TPSA) is 108 Å². The molecule has 1 heterocycles. The van der Waals surface area contributed by atoms with Crippen molar-refractivity contribution >= 4 is 97.9 Å². The summed E-state index contributed by atoms with van der Waals surface area (Å²) in [7, 11) is 0. The third kappa shape index (κ3) is 13.7. The van der Waals surface area contributed by atoms with E-state index in [9.17, 15) is 19.5 Å². The van der Waals surface area contributed by atoms with Crippen LogP contribution in [0, 0.1) is 0 Å². The van der Waals surface area contributed by atoms with Gasteiger partial charge in [0, 0.05) is 28.3 Å². The van der Waals surface area contributed by atoms with Crippen LogP contribution in [0.15, 0.2) is 78.9 Å². The van der Waals surface area contributed by atoms with Gasteiger partial charge >= 0.3 is 126 Å². The van der Waals surface area contributed by atoms with Crippen molar-refractivity contribution < 1.29 is 19.5 Å². The Bertz CT molecular complexity index is 1760. The van der Waals surface area contributed by atoms with Gasteiger partial charge in [-0.1, -0.05) is 48.0 Å². The fourth-order valence-corrected chi connectivity index (χ4v) is 11.1. The molecule has 0 saturated carbocycles. The Morgan fingerprint density at radius 3 is 2.27 bits per heavy atom. The Balaban J connectivity index is 1.22. The van der Waals surface area contributed by atoms with Crippen LogP contribution < -0.4 is 14.2 Å². The number of hydrogen-bond donors (Lipinski definition) is 3. The number of pyridine rings is 1. The number of benzene rings is 3. The molecule has 7 nitrogen and oxygen atoms in total. The van der Waals surface area contributed by atoms with Gasteiger partial charge in [0.25, 0.3) is 0 Å². The number of hydrogen-bond acceptors (Lipinski definition) is 6. The molecule has 4 aromatic rings. The van der Waals surface area contributed by atoms with E-state index in [2.05, 4.69) is 55.8 Å². The first-order valence-electron chi connectivity index (χ1n) is 16.4. The Morgan fingerprint density at radius 1 is 0.857 bits per heavy atom. The van der Waals surface area contributed by atoms with Crippen LogP contribution in [0.25, 0.3) is 23.1 Å². The Labute approximate surface area is 307 Å². The molecule has 1 unspecified atom stereocenters. The zero-order valence-electron chi connectivity index (χ0n) is 28.2. The molecule has 0 aliphatic heterocycles. The molecule has 2 amide bonds. The van der Waals surface area contributed by atoms with E-state index in [4.69, 9.17) is 16.6 Å². The number of carboxylic acid groups (broad SMARTS) is 1. The van der Waals surface area contributed by atoms with Crippen LogP contribution in [0.5, 0.6) is 0 Å². The number of carbonyl (C=O) groups excluding carboxylic acids is 2. The maximum atomic E-state index is 12.6. The van der Waals surface area contributed by atoms with Gasteiger partial charge in [-0.2, -0.15) is 0 Å². The van der Waals surface area contributed by atoms with Gasteiger partial charge in [0.2, 0.25) is 0 Å². The maximum absolute atomic E-state index is 12.6. The summed E-state index contributed by atoms with van der Waals surface area (Å²) >= 11 is 7.26. The molecule has 0 radical (unpaired) electrons. The summed E-state index contributed by atoms with van der Waals surface area (Å²) in [5.41, 5.74) is 4.72. The van der Waals surface area contributed by atoms with Crippen molar-refractivity contribution in [3.05, 3.63) is 106 Å². The second-order valence-corrected chi connectivity index (χ2v) is 30.4. The Morgan fingerprint density at radius 2 is 1.55 bits per heavy atom. The van der Waals surface area contributed by atoms with Crippen molar-refractivity contribution in [1.82, 2.24) is 15.6 Å². The molecule has 3 aromatic carbocycles. The molecule has 1 atom stereocenters. The number of rotatable bonds is 18. The first-order valence-corrected chi connectivity index (χ1v) is 28.8. The average Bonchev–Trinajstić information content (AvgIpc) is 3.06. The number of amides is 2. The number of nitrogens with zero attached hydrogens (tertiary/aromatic N) is 1. The van der Waals surface area contributed by atoms with Crippen LogP contribution in [-0.4, -0.2) is 70.8 Å². The zero-order chi connectivity index (χ0) is 35.2. The van der Waals surface area contributed by atoms with E-state index in [0.717, 1.165) is 33.3 Å². The minimum absolute atomic E-state index is 0.0172. The van der Waals surface area contributed by atoms with Crippen LogP contribution >= 0.6 is 35.1 Å². The number of halogens is 1. The van der Waals surface area contributed by atoms with Crippen molar-refractivity contribution in [2.75, 3.05) is 24.6 Å². The number of carbonyl (C=O) groups is 3. The molecule has 0 aliphatic carbocycles. The summed E-state index contributed by atoms with van der Waals surface area (Å²) in [6.45, 7) is 0.990. The predicted octanol–water partition coefficient (Wildman–Crippen LogP) is 7.80. The summed E-state index contributed by atoms with van der Waals surface area (Å²) in [4.78, 5) is 47.9. The zero-order valence-corrected chi connectivity index (χ0v) is 33.5. The van der Waals surface area contributed by atoms with Crippen molar-refractivity contribution in [2.45, 2.75) is 45.1 Å². The van der Waals surface area contributed by atoms with E-state index < -0.39 is 24.3 Å². The molecule has 0 aliphatic rings. The van der Waals surface area contributed by atoms with Crippen molar-refractivity contribution in [3.63, 3.8) is 0 Å². The number of carboxylic acids is 1. The molecule has 1 aromatic heterocycles. The number of fused-ring (bicyclic) bond motifs is 1. The van der Waals surface area contributed by atoms with E-state index in [1.165, 1.54) is 3.58 Å². The van der Waals surface area contributed by atoms with Crippen LogP contribution in [0.3, 0.4) is 0 Å². The summed E-state index contributed by atoms with van der Waals surface area (Å²) in [6.07, 6.45) is 5.39. The van der Waals surface area contributed by atoms with Gasteiger partial charge in [-0.05, 0) is 41.5 Å². The molecular formula is C38H44ClN3O4S2Sn. The normalized spacial score (nSPS) is 12.2. The molecule has 0 spiro atoms. The fourth-order valence-electron chi connectivity index (χ4n) is 4.95. The molecule has 258 valence electrons. The predicted molar refractivity (Wildman–Crippen MR) is 210 cm³/mol. The summed E-state index contributed by atoms with van der Waals surface area (Å²) in [5, 5.41) is 16.7. The van der Waals surface area contributed by atoms with Crippen LogP contribution in [-0.2, 0) is 20.8 Å². The van der Waals surface area contributed by atoms with Gasteiger partial charge in [0.15, 0.2) is 0 Å². The summed E-state index contributed by atoms with van der Waals surface area (Å²) in [6, 6.07) is 26.2. The third-order valence-electron chi connectivity index (χ3n) is 7.67. The van der Waals surface area contributed by atoms with Crippen molar-refractivity contribution in [1.29, 1.82) is 0 Å². The number of thioether (sulfide) groups is 2. The van der Waals surface area contributed by atoms with Crippen molar-refractivity contribution in [3.8, 4) is 0 Å². The Kier molecular flexibility index (Phi) is 15.4. The van der Waals surface area contributed by atoms with Gasteiger partial charge in [0.05, 0.1) is 22.2 Å². The quantitative estimate of drug-likeness (QED) is 0.0534. The molecule has 0 bridgehead atoms. The summed E-state index contributed by atoms with van der Waals surface area (Å²) in [5.74, 6) is 0.174. The van der Waals surface area contributed by atoms with E-state index in [0.29, 0.717) is 48.9 Å². The summed E-state index contributed by atoms with van der Waals surface area (Å²) < 4.78 is 1.42. The van der Waals surface area contributed by atoms with Crippen molar-refractivity contribution in [2.24, 2.45) is 0 Å². The van der Waals surface area contributed by atoms with Crippen LogP contribution in [0.4, 0.5) is 0 Å². The first kappa shape index (κ1) is 38.8. The number of nitrogens with one attached hydrogen (secondary N) is 2. The van der Waals surface area contributed by atoms with E-state index in [1.807, 2.05) is 60.7 Å². The first-order chi connectivity index (χ1) is 23.5. The molecule has 0 saturated heterocycles.